The van der Waals surface area contributed by atoms with Gasteiger partial charge in [-0.05, 0) is 11.6 Å². The van der Waals surface area contributed by atoms with Crippen molar-refractivity contribution < 1.29 is 23.1 Å². The maximum Gasteiger partial charge on any atom is 0.405 e. The lowest BCUT2D eigenvalue weighted by atomic mass is 9.98. The number of aliphatic carboxylic acids is 1. The van der Waals surface area contributed by atoms with Gasteiger partial charge < -0.3 is 10.0 Å². The molecule has 1 unspecified atom stereocenters. The van der Waals surface area contributed by atoms with Gasteiger partial charge in [-0.2, -0.15) is 13.2 Å². The Hall–Kier alpha value is -1.72. The monoisotopic (exact) mass is 259 g/mol. The summed E-state index contributed by atoms with van der Waals surface area (Å²) in [7, 11) is 0. The fourth-order valence-electron chi connectivity index (χ4n) is 2.33. The standard InChI is InChI=1S/C12H12F3NO2/c13-12(14,15)7-16-6-8(5-11(17)18)9-3-1-2-4-10(9)16/h1-4,8H,5-7H2,(H,17,18). The quantitative estimate of drug-likeness (QED) is 0.907. The number of carbonyl (C=O) groups is 1. The number of fused-ring (bicyclic) bond motifs is 1. The molecule has 2 rings (SSSR count). The highest BCUT2D eigenvalue weighted by Crippen LogP contribution is 2.39. The van der Waals surface area contributed by atoms with Crippen molar-refractivity contribution in [3.63, 3.8) is 0 Å². The summed E-state index contributed by atoms with van der Waals surface area (Å²) in [6.45, 7) is -0.939. The van der Waals surface area contributed by atoms with Gasteiger partial charge in [-0.1, -0.05) is 18.2 Å². The van der Waals surface area contributed by atoms with Crippen LogP contribution >= 0.6 is 0 Å². The normalized spacial score (nSPS) is 18.8. The predicted molar refractivity (Wildman–Crippen MR) is 59.7 cm³/mol. The Balaban J connectivity index is 2.24. The van der Waals surface area contributed by atoms with E-state index >= 15 is 0 Å². The van der Waals surface area contributed by atoms with Crippen molar-refractivity contribution in [3.05, 3.63) is 29.8 Å². The molecule has 0 saturated carbocycles. The predicted octanol–water partition coefficient (Wildman–Crippen LogP) is 2.63. The maximum atomic E-state index is 12.4. The van der Waals surface area contributed by atoms with Crippen molar-refractivity contribution in [2.45, 2.75) is 18.5 Å². The highest BCUT2D eigenvalue weighted by Gasteiger charge is 2.37. The number of hydrogen-bond acceptors (Lipinski definition) is 2. The summed E-state index contributed by atoms with van der Waals surface area (Å²) in [6.07, 6.45) is -4.43. The molecule has 6 heteroatoms. The molecular weight excluding hydrogens is 247 g/mol. The Labute approximate surface area is 102 Å². The summed E-state index contributed by atoms with van der Waals surface area (Å²) < 4.78 is 37.3. The van der Waals surface area contributed by atoms with Crippen LogP contribution in [-0.2, 0) is 4.79 Å². The molecule has 0 aromatic heterocycles. The zero-order valence-corrected chi connectivity index (χ0v) is 9.44. The summed E-state index contributed by atoms with van der Waals surface area (Å²) in [6, 6.07) is 6.67. The lowest BCUT2D eigenvalue weighted by Crippen LogP contribution is -2.33. The minimum Gasteiger partial charge on any atom is -0.481 e. The van der Waals surface area contributed by atoms with Crippen LogP contribution < -0.4 is 4.90 Å². The van der Waals surface area contributed by atoms with Gasteiger partial charge >= 0.3 is 12.1 Å². The molecular formula is C12H12F3NO2. The van der Waals surface area contributed by atoms with Gasteiger partial charge in [-0.15, -0.1) is 0 Å². The molecule has 1 aromatic rings. The number of nitrogens with zero attached hydrogens (tertiary/aromatic N) is 1. The molecule has 1 aromatic carbocycles. The molecule has 1 heterocycles. The zero-order valence-electron chi connectivity index (χ0n) is 9.44. The van der Waals surface area contributed by atoms with E-state index in [1.807, 2.05) is 0 Å². The average molecular weight is 259 g/mol. The molecule has 0 bridgehead atoms. The first kappa shape index (κ1) is 12.7. The Morgan fingerprint density at radius 3 is 2.67 bits per heavy atom. The van der Waals surface area contributed by atoms with Gasteiger partial charge in [0.25, 0.3) is 0 Å². The maximum absolute atomic E-state index is 12.4. The van der Waals surface area contributed by atoms with Crippen molar-refractivity contribution in [1.82, 2.24) is 0 Å². The van der Waals surface area contributed by atoms with Crippen LogP contribution in [0.3, 0.4) is 0 Å². The van der Waals surface area contributed by atoms with Crippen LogP contribution in [-0.4, -0.2) is 30.3 Å². The molecule has 1 aliphatic rings. The van der Waals surface area contributed by atoms with Crippen molar-refractivity contribution in [1.29, 1.82) is 0 Å². The van der Waals surface area contributed by atoms with Crippen LogP contribution in [0.4, 0.5) is 18.9 Å². The van der Waals surface area contributed by atoms with Crippen molar-refractivity contribution >= 4 is 11.7 Å². The molecule has 1 N–H and O–H groups in total. The number of rotatable bonds is 3. The first-order valence-electron chi connectivity index (χ1n) is 5.49. The summed E-state index contributed by atoms with van der Waals surface area (Å²) in [5.74, 6) is -1.37. The summed E-state index contributed by atoms with van der Waals surface area (Å²) >= 11 is 0. The molecule has 0 amide bonds. The van der Waals surface area contributed by atoms with Gasteiger partial charge in [0, 0.05) is 18.2 Å². The number of halogens is 3. The van der Waals surface area contributed by atoms with Gasteiger partial charge in [0.1, 0.15) is 6.54 Å². The van der Waals surface area contributed by atoms with E-state index in [9.17, 15) is 18.0 Å². The topological polar surface area (TPSA) is 40.5 Å². The Morgan fingerprint density at radius 1 is 1.39 bits per heavy atom. The van der Waals surface area contributed by atoms with E-state index in [4.69, 9.17) is 5.11 Å². The van der Waals surface area contributed by atoms with Crippen LogP contribution in [0.1, 0.15) is 17.9 Å². The average Bonchev–Trinajstić information content (AvgIpc) is 2.54. The fourth-order valence-corrected chi connectivity index (χ4v) is 2.33. The number of carboxylic acid groups (broad SMARTS) is 1. The van der Waals surface area contributed by atoms with Gasteiger partial charge in [-0.25, -0.2) is 0 Å². The second kappa shape index (κ2) is 4.51. The lowest BCUT2D eigenvalue weighted by molar-refractivity contribution is -0.137. The van der Waals surface area contributed by atoms with Crippen LogP contribution in [0.5, 0.6) is 0 Å². The highest BCUT2D eigenvalue weighted by atomic mass is 19.4. The van der Waals surface area contributed by atoms with E-state index < -0.39 is 18.7 Å². The Morgan fingerprint density at radius 2 is 2.06 bits per heavy atom. The zero-order chi connectivity index (χ0) is 13.3. The number of hydrogen-bond donors (Lipinski definition) is 1. The van der Waals surface area contributed by atoms with Crippen molar-refractivity contribution in [2.24, 2.45) is 0 Å². The lowest BCUT2D eigenvalue weighted by Gasteiger charge is -2.21. The largest absolute Gasteiger partial charge is 0.481 e. The molecule has 3 nitrogen and oxygen atoms in total. The molecule has 0 aliphatic carbocycles. The van der Waals surface area contributed by atoms with Gasteiger partial charge in [0.2, 0.25) is 0 Å². The summed E-state index contributed by atoms with van der Waals surface area (Å²) in [4.78, 5) is 11.9. The smallest absolute Gasteiger partial charge is 0.405 e. The van der Waals surface area contributed by atoms with Crippen LogP contribution in [0.25, 0.3) is 0 Å². The molecule has 1 aliphatic heterocycles. The highest BCUT2D eigenvalue weighted by molar-refractivity contribution is 5.71. The SMILES string of the molecule is O=C(O)CC1CN(CC(F)(F)F)c2ccccc21. The number of benzene rings is 1. The second-order valence-electron chi connectivity index (χ2n) is 4.35. The summed E-state index contributed by atoms with van der Waals surface area (Å²) in [5.41, 5.74) is 1.17. The van der Waals surface area contributed by atoms with Crippen LogP contribution in [0.15, 0.2) is 24.3 Å². The molecule has 0 saturated heterocycles. The van der Waals surface area contributed by atoms with Gasteiger partial charge in [-0.3, -0.25) is 4.79 Å². The van der Waals surface area contributed by atoms with E-state index in [0.29, 0.717) is 11.3 Å². The fraction of sp³-hybridized carbons (Fsp3) is 0.417. The summed E-state index contributed by atoms with van der Waals surface area (Å²) in [5, 5.41) is 8.78. The Bertz CT molecular complexity index is 459. The second-order valence-corrected chi connectivity index (χ2v) is 4.35. The molecule has 0 fully saturated rings. The van der Waals surface area contributed by atoms with E-state index in [0.717, 1.165) is 0 Å². The van der Waals surface area contributed by atoms with Crippen LogP contribution in [0, 0.1) is 0 Å². The Kier molecular flexibility index (Phi) is 3.19. The van der Waals surface area contributed by atoms with E-state index in [1.54, 1.807) is 24.3 Å². The van der Waals surface area contributed by atoms with E-state index in [-0.39, 0.29) is 18.9 Å². The third-order valence-corrected chi connectivity index (χ3v) is 2.95. The molecule has 0 radical (unpaired) electrons. The van der Waals surface area contributed by atoms with E-state index in [2.05, 4.69) is 0 Å². The van der Waals surface area contributed by atoms with Gasteiger partial charge in [0.15, 0.2) is 0 Å². The molecule has 98 valence electrons. The third-order valence-electron chi connectivity index (χ3n) is 2.95. The number of anilines is 1. The van der Waals surface area contributed by atoms with Gasteiger partial charge in [0.05, 0.1) is 6.42 Å². The minimum atomic E-state index is -4.29. The van der Waals surface area contributed by atoms with E-state index in [1.165, 1.54) is 4.90 Å². The molecule has 18 heavy (non-hydrogen) atoms. The third kappa shape index (κ3) is 2.75. The van der Waals surface area contributed by atoms with Crippen molar-refractivity contribution in [2.75, 3.05) is 18.0 Å². The number of alkyl halides is 3. The van der Waals surface area contributed by atoms with Crippen LogP contribution in [0.2, 0.25) is 0 Å². The first-order chi connectivity index (χ1) is 8.37. The number of para-hydroxylation sites is 1. The number of carboxylic acids is 1. The minimum absolute atomic E-state index is 0.102. The molecule has 0 spiro atoms. The van der Waals surface area contributed by atoms with Crippen molar-refractivity contribution in [3.8, 4) is 0 Å². The first-order valence-corrected chi connectivity index (χ1v) is 5.49. The molecule has 1 atom stereocenters.